The maximum atomic E-state index is 13.9. The third-order valence-electron chi connectivity index (χ3n) is 8.48. The number of nitrogens with zero attached hydrogens (tertiary/aromatic N) is 3. The highest BCUT2D eigenvalue weighted by Gasteiger charge is 2.31. The van der Waals surface area contributed by atoms with Gasteiger partial charge in [0.05, 0.1) is 5.39 Å². The molecule has 0 saturated carbocycles. The van der Waals surface area contributed by atoms with Gasteiger partial charge in [0.25, 0.3) is 5.91 Å². The van der Waals surface area contributed by atoms with Gasteiger partial charge in [-0.25, -0.2) is 0 Å². The second kappa shape index (κ2) is 12.8. The van der Waals surface area contributed by atoms with Crippen LogP contribution in [-0.2, 0) is 22.6 Å². The number of carbonyl (C=O) groups excluding carboxylic acids is 3. The Morgan fingerprint density at radius 2 is 1.61 bits per heavy atom. The molecule has 2 aliphatic heterocycles. The zero-order valence-electron chi connectivity index (χ0n) is 24.8. The van der Waals surface area contributed by atoms with E-state index >= 15 is 0 Å². The van der Waals surface area contributed by atoms with Gasteiger partial charge in [-0.15, -0.1) is 0 Å². The van der Waals surface area contributed by atoms with E-state index in [1.807, 2.05) is 48.2 Å². The van der Waals surface area contributed by atoms with E-state index in [0.29, 0.717) is 56.5 Å². The maximum absolute atomic E-state index is 13.9. The number of hydrogen-bond acceptors (Lipinski definition) is 6. The van der Waals surface area contributed by atoms with E-state index in [1.54, 1.807) is 29.2 Å². The summed E-state index contributed by atoms with van der Waals surface area (Å²) in [6.07, 6.45) is 1.81. The summed E-state index contributed by atoms with van der Waals surface area (Å²) >= 11 is 0. The molecule has 4 aromatic rings. The molecular weight excluding hydrogens is 556 g/mol. The molecule has 44 heavy (non-hydrogen) atoms. The van der Waals surface area contributed by atoms with Gasteiger partial charge in [0.2, 0.25) is 11.8 Å². The Kier molecular flexibility index (Phi) is 8.45. The molecule has 2 saturated heterocycles. The Morgan fingerprint density at radius 1 is 0.886 bits per heavy atom. The van der Waals surface area contributed by atoms with Crippen molar-refractivity contribution in [2.24, 2.45) is 0 Å². The molecule has 0 aliphatic carbocycles. The SMILES string of the molecule is Cc1ccc(CC(NC(=O)c2cc(=O)c3ccccc3o2)C(=O)N2CCN(c3ccccc3CN3CCCC3=O)CC2)cc1. The molecule has 3 aromatic carbocycles. The molecule has 9 heteroatoms. The zero-order valence-corrected chi connectivity index (χ0v) is 24.8. The van der Waals surface area contributed by atoms with Crippen LogP contribution in [0.3, 0.4) is 0 Å². The van der Waals surface area contributed by atoms with Crippen LogP contribution in [0.5, 0.6) is 0 Å². The number of amides is 3. The van der Waals surface area contributed by atoms with E-state index < -0.39 is 11.9 Å². The first-order valence-electron chi connectivity index (χ1n) is 15.1. The lowest BCUT2D eigenvalue weighted by Crippen LogP contribution is -2.55. The fourth-order valence-corrected chi connectivity index (χ4v) is 6.02. The predicted octanol–water partition coefficient (Wildman–Crippen LogP) is 3.91. The smallest absolute Gasteiger partial charge is 0.287 e. The van der Waals surface area contributed by atoms with Crippen LogP contribution in [-0.4, -0.2) is 66.3 Å². The molecule has 226 valence electrons. The Bertz CT molecular complexity index is 1740. The van der Waals surface area contributed by atoms with Crippen molar-refractivity contribution in [2.75, 3.05) is 37.6 Å². The molecule has 3 heterocycles. The van der Waals surface area contributed by atoms with Crippen LogP contribution in [0.4, 0.5) is 5.69 Å². The summed E-state index contributed by atoms with van der Waals surface area (Å²) < 4.78 is 5.76. The van der Waals surface area contributed by atoms with Gasteiger partial charge in [-0.1, -0.05) is 60.2 Å². The van der Waals surface area contributed by atoms with Gasteiger partial charge in [-0.05, 0) is 42.7 Å². The molecule has 3 amide bonds. The number of anilines is 1. The van der Waals surface area contributed by atoms with E-state index in [2.05, 4.69) is 22.3 Å². The highest BCUT2D eigenvalue weighted by molar-refractivity contribution is 5.96. The Morgan fingerprint density at radius 3 is 2.36 bits per heavy atom. The van der Waals surface area contributed by atoms with Crippen LogP contribution in [0.25, 0.3) is 11.0 Å². The monoisotopic (exact) mass is 592 g/mol. The van der Waals surface area contributed by atoms with Crippen LogP contribution in [0.2, 0.25) is 0 Å². The summed E-state index contributed by atoms with van der Waals surface area (Å²) in [6, 6.07) is 23.1. The van der Waals surface area contributed by atoms with Crippen molar-refractivity contribution in [1.82, 2.24) is 15.1 Å². The highest BCUT2D eigenvalue weighted by Crippen LogP contribution is 2.25. The summed E-state index contributed by atoms with van der Waals surface area (Å²) in [5.74, 6) is -0.729. The van der Waals surface area contributed by atoms with Crippen LogP contribution in [0.1, 0.15) is 40.1 Å². The molecule has 0 spiro atoms. The molecular formula is C35H36N4O5. The largest absolute Gasteiger partial charge is 0.451 e. The van der Waals surface area contributed by atoms with Gasteiger partial charge >= 0.3 is 0 Å². The number of rotatable bonds is 8. The van der Waals surface area contributed by atoms with Crippen LogP contribution >= 0.6 is 0 Å². The number of benzene rings is 3. The minimum absolute atomic E-state index is 0.131. The molecule has 6 rings (SSSR count). The minimum Gasteiger partial charge on any atom is -0.451 e. The lowest BCUT2D eigenvalue weighted by Gasteiger charge is -2.38. The highest BCUT2D eigenvalue weighted by atomic mass is 16.3. The molecule has 1 unspecified atom stereocenters. The lowest BCUT2D eigenvalue weighted by molar-refractivity contribution is -0.133. The summed E-state index contributed by atoms with van der Waals surface area (Å²) in [4.78, 5) is 58.2. The van der Waals surface area contributed by atoms with Crippen molar-refractivity contribution in [1.29, 1.82) is 0 Å². The summed E-state index contributed by atoms with van der Waals surface area (Å²) in [6.45, 7) is 5.59. The first kappa shape index (κ1) is 29.2. The van der Waals surface area contributed by atoms with Crippen molar-refractivity contribution in [2.45, 2.75) is 38.8 Å². The van der Waals surface area contributed by atoms with Gasteiger partial charge in [-0.2, -0.15) is 0 Å². The first-order valence-corrected chi connectivity index (χ1v) is 15.1. The van der Waals surface area contributed by atoms with E-state index in [-0.39, 0.29) is 23.0 Å². The quantitative estimate of drug-likeness (QED) is 0.333. The molecule has 0 bridgehead atoms. The number of fused-ring (bicyclic) bond motifs is 1. The summed E-state index contributed by atoms with van der Waals surface area (Å²) in [5.41, 5.74) is 4.20. The normalized spacial score (nSPS) is 15.9. The predicted molar refractivity (Wildman–Crippen MR) is 169 cm³/mol. The third-order valence-corrected chi connectivity index (χ3v) is 8.48. The zero-order chi connectivity index (χ0) is 30.6. The average molecular weight is 593 g/mol. The van der Waals surface area contributed by atoms with Crippen molar-refractivity contribution in [3.05, 3.63) is 112 Å². The van der Waals surface area contributed by atoms with E-state index in [1.165, 1.54) is 6.07 Å². The number of hydrogen-bond donors (Lipinski definition) is 1. The third kappa shape index (κ3) is 6.37. The number of aryl methyl sites for hydroxylation is 1. The van der Waals surface area contributed by atoms with Crippen LogP contribution in [0.15, 0.2) is 88.1 Å². The molecule has 1 aromatic heterocycles. The number of nitrogens with one attached hydrogen (secondary N) is 1. The molecule has 0 radical (unpaired) electrons. The standard InChI is InChI=1S/C35H36N4O5/c1-24-12-14-25(15-13-24)21-28(36-34(42)32-22-30(40)27-8-3-5-10-31(27)44-32)35(43)38-19-17-37(18-20-38)29-9-4-2-7-26(29)23-39-16-6-11-33(39)41/h2-5,7-10,12-15,22,28H,6,11,16-21,23H2,1H3,(H,36,42). The van der Waals surface area contributed by atoms with Crippen molar-refractivity contribution < 1.29 is 18.8 Å². The Labute approximate surface area is 256 Å². The minimum atomic E-state index is -0.845. The van der Waals surface area contributed by atoms with Gasteiger partial charge in [0.15, 0.2) is 11.2 Å². The Hall–Kier alpha value is -4.92. The molecule has 1 N–H and O–H groups in total. The summed E-state index contributed by atoms with van der Waals surface area (Å²) in [7, 11) is 0. The van der Waals surface area contributed by atoms with E-state index in [0.717, 1.165) is 35.3 Å². The van der Waals surface area contributed by atoms with Crippen LogP contribution < -0.4 is 15.6 Å². The Balaban J connectivity index is 1.18. The number of likely N-dealkylation sites (tertiary alicyclic amines) is 1. The number of para-hydroxylation sites is 2. The second-order valence-corrected chi connectivity index (χ2v) is 11.5. The molecule has 9 nitrogen and oxygen atoms in total. The van der Waals surface area contributed by atoms with Crippen molar-refractivity contribution in [3.63, 3.8) is 0 Å². The topological polar surface area (TPSA) is 103 Å². The fraction of sp³-hybridized carbons (Fsp3) is 0.314. The second-order valence-electron chi connectivity index (χ2n) is 11.5. The van der Waals surface area contributed by atoms with E-state index in [9.17, 15) is 19.2 Å². The fourth-order valence-electron chi connectivity index (χ4n) is 6.02. The van der Waals surface area contributed by atoms with Gasteiger partial charge in [0, 0.05) is 63.9 Å². The molecule has 2 aliphatic rings. The van der Waals surface area contributed by atoms with E-state index in [4.69, 9.17) is 4.42 Å². The van der Waals surface area contributed by atoms with Gasteiger partial charge < -0.3 is 24.4 Å². The van der Waals surface area contributed by atoms with Crippen molar-refractivity contribution in [3.8, 4) is 0 Å². The molecule has 1 atom stereocenters. The van der Waals surface area contributed by atoms with Gasteiger partial charge in [-0.3, -0.25) is 19.2 Å². The maximum Gasteiger partial charge on any atom is 0.287 e. The first-order chi connectivity index (χ1) is 21.4. The summed E-state index contributed by atoms with van der Waals surface area (Å²) in [5, 5.41) is 3.26. The molecule has 2 fully saturated rings. The average Bonchev–Trinajstić information content (AvgIpc) is 3.45. The van der Waals surface area contributed by atoms with Crippen LogP contribution in [0, 0.1) is 6.92 Å². The number of piperazine rings is 1. The number of carbonyl (C=O) groups is 3. The van der Waals surface area contributed by atoms with Crippen molar-refractivity contribution >= 4 is 34.4 Å². The lowest BCUT2D eigenvalue weighted by atomic mass is 10.0. The van der Waals surface area contributed by atoms with Gasteiger partial charge in [0.1, 0.15) is 11.6 Å².